The maximum atomic E-state index is 13.6. The molecule has 1 amide bonds. The van der Waals surface area contributed by atoms with Crippen LogP contribution >= 0.6 is 0 Å². The molecule has 4 aromatic carbocycles. The predicted molar refractivity (Wildman–Crippen MR) is 175 cm³/mol. The summed E-state index contributed by atoms with van der Waals surface area (Å²) in [6.45, 7) is 2.09. The normalized spacial score (nSPS) is 22.0. The number of fused-ring (bicyclic) bond motifs is 1. The number of hydrogen-bond donors (Lipinski definition) is 2. The van der Waals surface area contributed by atoms with Gasteiger partial charge in [0.1, 0.15) is 6.61 Å². The number of nitrogens with zero attached hydrogens (tertiary/aromatic N) is 1. The summed E-state index contributed by atoms with van der Waals surface area (Å²) in [7, 11) is 0. The lowest BCUT2D eigenvalue weighted by molar-refractivity contribution is -0.0137. The average molecular weight is 588 g/mol. The van der Waals surface area contributed by atoms with Crippen LogP contribution in [0.15, 0.2) is 97.1 Å². The zero-order valence-electron chi connectivity index (χ0n) is 25.2. The summed E-state index contributed by atoms with van der Waals surface area (Å²) in [5.74, 6) is 0.434. The number of ether oxygens (including phenoxy) is 2. The van der Waals surface area contributed by atoms with E-state index < -0.39 is 0 Å². The van der Waals surface area contributed by atoms with Gasteiger partial charge in [0.25, 0.3) is 0 Å². The van der Waals surface area contributed by atoms with E-state index in [0.717, 1.165) is 60.3 Å². The highest BCUT2D eigenvalue weighted by atomic mass is 16.6. The molecule has 1 aliphatic heterocycles. The van der Waals surface area contributed by atoms with Gasteiger partial charge >= 0.3 is 6.09 Å². The smallest absolute Gasteiger partial charge is 0.410 e. The van der Waals surface area contributed by atoms with Crippen molar-refractivity contribution in [1.82, 2.24) is 4.90 Å². The van der Waals surface area contributed by atoms with Crippen molar-refractivity contribution in [2.45, 2.75) is 69.8 Å². The standard InChI is InChI=1S/C38H41N3O3/c39-33-16-7-8-17-34(33)40-35-22-29-23-36-31-15-9-10-18-38(31,19-20-41(36)37(42)44-25-28-13-5-2-6-14-28)32(29)21-30(35)26-43-24-27-11-3-1-4-12-27/h1-8,11-14,16-17,21-22,31,36,40H,9-10,15,18-20,23-26,39H2/t31-,36+,38+/m0/s1. The largest absolute Gasteiger partial charge is 0.445 e. The lowest BCUT2D eigenvalue weighted by Gasteiger charge is -2.58. The highest BCUT2D eigenvalue weighted by molar-refractivity contribution is 5.75. The Bertz CT molecular complexity index is 1610. The number of nitrogen functional groups attached to an aromatic ring is 1. The summed E-state index contributed by atoms with van der Waals surface area (Å²) in [5, 5.41) is 3.64. The Hall–Kier alpha value is -4.29. The van der Waals surface area contributed by atoms with E-state index in [0.29, 0.717) is 31.4 Å². The summed E-state index contributed by atoms with van der Waals surface area (Å²) < 4.78 is 12.2. The predicted octanol–water partition coefficient (Wildman–Crippen LogP) is 8.12. The van der Waals surface area contributed by atoms with Gasteiger partial charge in [0.2, 0.25) is 0 Å². The van der Waals surface area contributed by atoms with Crippen molar-refractivity contribution in [2.75, 3.05) is 17.6 Å². The van der Waals surface area contributed by atoms with Gasteiger partial charge in [0, 0.05) is 29.3 Å². The molecule has 2 fully saturated rings. The topological polar surface area (TPSA) is 76.8 Å². The van der Waals surface area contributed by atoms with Gasteiger partial charge in [0.05, 0.1) is 24.6 Å². The van der Waals surface area contributed by atoms with Crippen LogP contribution in [0.3, 0.4) is 0 Å². The molecule has 0 unspecified atom stereocenters. The van der Waals surface area contributed by atoms with Crippen LogP contribution in [0.5, 0.6) is 0 Å². The van der Waals surface area contributed by atoms with Gasteiger partial charge in [-0.15, -0.1) is 0 Å². The fraction of sp³-hybridized carbons (Fsp3) is 0.342. The second-order valence-corrected chi connectivity index (χ2v) is 12.6. The van der Waals surface area contributed by atoms with Crippen LogP contribution in [0.1, 0.15) is 59.9 Å². The first-order chi connectivity index (χ1) is 21.6. The zero-order chi connectivity index (χ0) is 29.9. The molecule has 3 aliphatic rings. The molecule has 0 radical (unpaired) electrons. The highest BCUT2D eigenvalue weighted by Crippen LogP contribution is 2.56. The molecule has 6 nitrogen and oxygen atoms in total. The molecule has 0 aromatic heterocycles. The maximum absolute atomic E-state index is 13.6. The number of nitrogens with two attached hydrogens (primary N) is 1. The molecule has 226 valence electrons. The number of rotatable bonds is 8. The van der Waals surface area contributed by atoms with Crippen molar-refractivity contribution in [3.05, 3.63) is 125 Å². The molecular weight excluding hydrogens is 546 g/mol. The Morgan fingerprint density at radius 2 is 1.57 bits per heavy atom. The molecular formula is C38H41N3O3. The van der Waals surface area contributed by atoms with Gasteiger partial charge in [0.15, 0.2) is 0 Å². The Morgan fingerprint density at radius 3 is 2.34 bits per heavy atom. The van der Waals surface area contributed by atoms with Gasteiger partial charge < -0.3 is 25.4 Å². The Kier molecular flexibility index (Phi) is 8.01. The zero-order valence-corrected chi connectivity index (χ0v) is 25.2. The molecule has 3 atom stereocenters. The van der Waals surface area contributed by atoms with E-state index in [1.54, 1.807) is 0 Å². The second-order valence-electron chi connectivity index (χ2n) is 12.6. The summed E-state index contributed by atoms with van der Waals surface area (Å²) in [4.78, 5) is 15.6. The summed E-state index contributed by atoms with van der Waals surface area (Å²) in [6, 6.07) is 33.0. The first-order valence-corrected chi connectivity index (χ1v) is 16.0. The molecule has 44 heavy (non-hydrogen) atoms. The van der Waals surface area contributed by atoms with Crippen molar-refractivity contribution in [3.8, 4) is 0 Å². The molecule has 1 heterocycles. The summed E-state index contributed by atoms with van der Waals surface area (Å²) >= 11 is 0. The quantitative estimate of drug-likeness (QED) is 0.204. The van der Waals surface area contributed by atoms with Gasteiger partial charge in [-0.3, -0.25) is 0 Å². The van der Waals surface area contributed by atoms with Crippen LogP contribution in [-0.4, -0.2) is 23.6 Å². The van der Waals surface area contributed by atoms with Crippen molar-refractivity contribution in [2.24, 2.45) is 5.92 Å². The van der Waals surface area contributed by atoms with E-state index in [4.69, 9.17) is 15.2 Å². The Balaban J connectivity index is 1.21. The van der Waals surface area contributed by atoms with E-state index in [-0.39, 0.29) is 17.6 Å². The van der Waals surface area contributed by atoms with Crippen LogP contribution in [0.4, 0.5) is 21.9 Å². The number of hydrogen-bond acceptors (Lipinski definition) is 5. The van der Waals surface area contributed by atoms with Crippen LogP contribution < -0.4 is 11.1 Å². The molecule has 6 heteroatoms. The van der Waals surface area contributed by atoms with Gasteiger partial charge in [-0.1, -0.05) is 91.7 Å². The van der Waals surface area contributed by atoms with E-state index in [1.807, 2.05) is 77.7 Å². The number of nitrogens with one attached hydrogen (secondary N) is 1. The number of likely N-dealkylation sites (tertiary alicyclic amines) is 1. The minimum absolute atomic E-state index is 0.0746. The first-order valence-electron chi connectivity index (χ1n) is 16.0. The SMILES string of the molecule is Nc1ccccc1Nc1cc2c(cc1COCc1ccccc1)[C@@]13CCCC[C@H]1[C@@H](C2)N(C(=O)OCc1ccccc1)CC3. The van der Waals surface area contributed by atoms with Crippen molar-refractivity contribution < 1.29 is 14.3 Å². The van der Waals surface area contributed by atoms with Crippen molar-refractivity contribution in [1.29, 1.82) is 0 Å². The number of para-hydroxylation sites is 2. The number of amides is 1. The first kappa shape index (κ1) is 28.5. The Labute approximate surface area is 260 Å². The number of carbonyl (C=O) groups excluding carboxylic acids is 1. The van der Waals surface area contributed by atoms with E-state index in [1.165, 1.54) is 24.0 Å². The average Bonchev–Trinajstić information content (AvgIpc) is 3.06. The minimum atomic E-state index is -0.192. The van der Waals surface area contributed by atoms with Gasteiger partial charge in [-0.05, 0) is 72.1 Å². The lowest BCUT2D eigenvalue weighted by Crippen LogP contribution is -2.62. The molecule has 7 rings (SSSR count). The van der Waals surface area contributed by atoms with Crippen LogP contribution in [-0.2, 0) is 41.1 Å². The Morgan fingerprint density at radius 1 is 0.841 bits per heavy atom. The number of carbonyl (C=O) groups is 1. The fourth-order valence-electron chi connectivity index (χ4n) is 7.98. The van der Waals surface area contributed by atoms with E-state index in [9.17, 15) is 4.79 Å². The summed E-state index contributed by atoms with van der Waals surface area (Å²) in [5.41, 5.74) is 15.1. The van der Waals surface area contributed by atoms with Gasteiger partial charge in [-0.2, -0.15) is 0 Å². The number of piperidine rings is 1. The number of benzene rings is 4. The third-order valence-electron chi connectivity index (χ3n) is 10.1. The van der Waals surface area contributed by atoms with Crippen molar-refractivity contribution in [3.63, 3.8) is 0 Å². The molecule has 2 bridgehead atoms. The highest BCUT2D eigenvalue weighted by Gasteiger charge is 2.55. The van der Waals surface area contributed by atoms with Crippen LogP contribution in [0.25, 0.3) is 0 Å². The second kappa shape index (κ2) is 12.4. The maximum Gasteiger partial charge on any atom is 0.410 e. The molecule has 3 N–H and O–H groups in total. The van der Waals surface area contributed by atoms with E-state index >= 15 is 0 Å². The van der Waals surface area contributed by atoms with E-state index in [2.05, 4.69) is 29.6 Å². The third-order valence-corrected chi connectivity index (χ3v) is 10.1. The lowest BCUT2D eigenvalue weighted by atomic mass is 9.52. The minimum Gasteiger partial charge on any atom is -0.445 e. The molecule has 4 aromatic rings. The summed E-state index contributed by atoms with van der Waals surface area (Å²) in [6.07, 6.45) is 6.34. The third kappa shape index (κ3) is 5.55. The van der Waals surface area contributed by atoms with Gasteiger partial charge in [-0.25, -0.2) is 4.79 Å². The number of anilines is 3. The van der Waals surface area contributed by atoms with Crippen molar-refractivity contribution >= 4 is 23.2 Å². The molecule has 1 saturated carbocycles. The monoisotopic (exact) mass is 587 g/mol. The molecule has 1 saturated heterocycles. The van der Waals surface area contributed by atoms with Crippen LogP contribution in [0.2, 0.25) is 0 Å². The molecule has 0 spiro atoms. The molecule has 2 aliphatic carbocycles. The van der Waals surface area contributed by atoms with Crippen LogP contribution in [0, 0.1) is 5.92 Å². The fourth-order valence-corrected chi connectivity index (χ4v) is 7.98.